The number of furan rings is 1. The molecule has 5 aromatic rings. The van der Waals surface area contributed by atoms with Crippen molar-refractivity contribution in [1.82, 2.24) is 25.1 Å². The minimum absolute atomic E-state index is 0.149. The third kappa shape index (κ3) is 4.45. The lowest BCUT2D eigenvalue weighted by molar-refractivity contribution is 0.0952. The smallest absolute Gasteiger partial charge is 0.252 e. The zero-order valence-corrected chi connectivity index (χ0v) is 18.9. The quantitative estimate of drug-likeness (QED) is 0.356. The Bertz CT molecular complexity index is 1380. The summed E-state index contributed by atoms with van der Waals surface area (Å²) in [6.45, 7) is 3.10. The molecule has 0 aliphatic heterocycles. The maximum atomic E-state index is 13.4. The van der Waals surface area contributed by atoms with Crippen LogP contribution in [0, 0.1) is 0 Å². The minimum atomic E-state index is -0.149. The summed E-state index contributed by atoms with van der Waals surface area (Å²) >= 11 is 0. The molecule has 4 heterocycles. The van der Waals surface area contributed by atoms with Gasteiger partial charge in [-0.1, -0.05) is 37.3 Å². The van der Waals surface area contributed by atoms with Crippen LogP contribution < -0.4 is 5.32 Å². The number of rotatable bonds is 8. The molecule has 7 nitrogen and oxygen atoms in total. The molecule has 0 saturated heterocycles. The molecular formula is C27H25N5O2. The van der Waals surface area contributed by atoms with Crippen molar-refractivity contribution in [2.45, 2.75) is 25.8 Å². The van der Waals surface area contributed by atoms with Crippen LogP contribution in [0.5, 0.6) is 0 Å². The van der Waals surface area contributed by atoms with Crippen LogP contribution in [-0.2, 0) is 6.54 Å². The number of carbonyl (C=O) groups excluding carboxylic acids is 1. The molecule has 0 aliphatic rings. The SMILES string of the molecule is CCC(CNC(=O)c1cc(-c2cccnc2)nc2c1cnn2Cc1ccco1)c1ccccc1. The Hall–Kier alpha value is -4.26. The summed E-state index contributed by atoms with van der Waals surface area (Å²) < 4.78 is 7.24. The molecule has 0 saturated carbocycles. The molecule has 170 valence electrons. The van der Waals surface area contributed by atoms with Gasteiger partial charge in [0.1, 0.15) is 12.3 Å². The number of pyridine rings is 2. The first-order valence-corrected chi connectivity index (χ1v) is 11.4. The van der Waals surface area contributed by atoms with Crippen LogP contribution in [0.25, 0.3) is 22.3 Å². The normalized spacial score (nSPS) is 12.0. The first-order chi connectivity index (χ1) is 16.7. The summed E-state index contributed by atoms with van der Waals surface area (Å²) in [5, 5.41) is 8.34. The molecule has 0 radical (unpaired) electrons. The number of benzene rings is 1. The molecule has 1 N–H and O–H groups in total. The molecule has 1 aromatic carbocycles. The van der Waals surface area contributed by atoms with Crippen molar-refractivity contribution in [1.29, 1.82) is 0 Å². The first kappa shape index (κ1) is 21.6. The average Bonchev–Trinajstić information content (AvgIpc) is 3.55. The Morgan fingerprint density at radius 2 is 1.97 bits per heavy atom. The van der Waals surface area contributed by atoms with Crippen molar-refractivity contribution in [3.05, 3.63) is 102 Å². The van der Waals surface area contributed by atoms with Gasteiger partial charge in [-0.3, -0.25) is 9.78 Å². The monoisotopic (exact) mass is 451 g/mol. The standard InChI is InChI=1S/C27H25N5O2/c1-2-19(20-8-4-3-5-9-20)16-29-27(33)23-14-25(21-10-6-12-28-15-21)31-26-24(23)17-30-32(26)18-22-11-7-13-34-22/h3-15,17,19H,2,16,18H2,1H3,(H,29,33). The Labute approximate surface area is 197 Å². The Morgan fingerprint density at radius 1 is 1.09 bits per heavy atom. The predicted molar refractivity (Wildman–Crippen MR) is 130 cm³/mol. The van der Waals surface area contributed by atoms with Crippen LogP contribution in [0.3, 0.4) is 0 Å². The molecule has 4 aromatic heterocycles. The van der Waals surface area contributed by atoms with Gasteiger partial charge in [0.2, 0.25) is 0 Å². The summed E-state index contributed by atoms with van der Waals surface area (Å²) in [5.74, 6) is 0.852. The minimum Gasteiger partial charge on any atom is -0.467 e. The fourth-order valence-corrected chi connectivity index (χ4v) is 4.10. The molecule has 5 rings (SSSR count). The summed E-state index contributed by atoms with van der Waals surface area (Å²) in [7, 11) is 0. The van der Waals surface area contributed by atoms with Gasteiger partial charge < -0.3 is 9.73 Å². The van der Waals surface area contributed by atoms with E-state index in [1.165, 1.54) is 5.56 Å². The van der Waals surface area contributed by atoms with Gasteiger partial charge in [-0.2, -0.15) is 5.10 Å². The number of fused-ring (bicyclic) bond motifs is 1. The van der Waals surface area contributed by atoms with Crippen LogP contribution >= 0.6 is 0 Å². The molecule has 1 atom stereocenters. The number of aromatic nitrogens is 4. The lowest BCUT2D eigenvalue weighted by Crippen LogP contribution is -2.28. The molecule has 7 heteroatoms. The van der Waals surface area contributed by atoms with E-state index >= 15 is 0 Å². The summed E-state index contributed by atoms with van der Waals surface area (Å²) in [5.41, 5.74) is 3.88. The summed E-state index contributed by atoms with van der Waals surface area (Å²) in [6, 6.07) is 19.6. The van der Waals surface area contributed by atoms with E-state index in [0.29, 0.717) is 35.4 Å². The van der Waals surface area contributed by atoms with Crippen molar-refractivity contribution >= 4 is 16.9 Å². The summed E-state index contributed by atoms with van der Waals surface area (Å²) in [6.07, 6.45) is 7.71. The maximum absolute atomic E-state index is 13.4. The van der Waals surface area contributed by atoms with Crippen LogP contribution in [0.2, 0.25) is 0 Å². The third-order valence-electron chi connectivity index (χ3n) is 5.97. The van der Waals surface area contributed by atoms with Crippen LogP contribution in [-0.4, -0.2) is 32.2 Å². The first-order valence-electron chi connectivity index (χ1n) is 11.4. The highest BCUT2D eigenvalue weighted by atomic mass is 16.3. The fraction of sp³-hybridized carbons (Fsp3) is 0.185. The molecule has 1 amide bonds. The van der Waals surface area contributed by atoms with E-state index in [2.05, 4.69) is 34.5 Å². The van der Waals surface area contributed by atoms with E-state index in [1.807, 2.05) is 48.5 Å². The van der Waals surface area contributed by atoms with Crippen molar-refractivity contribution in [2.24, 2.45) is 0 Å². The van der Waals surface area contributed by atoms with Crippen LogP contribution in [0.1, 0.15) is 40.9 Å². The number of nitrogens with zero attached hydrogens (tertiary/aromatic N) is 4. The Balaban J connectivity index is 1.50. The second-order valence-corrected chi connectivity index (χ2v) is 8.14. The highest BCUT2D eigenvalue weighted by molar-refractivity contribution is 6.06. The zero-order chi connectivity index (χ0) is 23.3. The van der Waals surface area contributed by atoms with Crippen LogP contribution in [0.15, 0.2) is 89.9 Å². The van der Waals surface area contributed by atoms with Crippen molar-refractivity contribution in [2.75, 3.05) is 6.54 Å². The second-order valence-electron chi connectivity index (χ2n) is 8.14. The molecule has 0 spiro atoms. The van der Waals surface area contributed by atoms with E-state index in [9.17, 15) is 4.79 Å². The summed E-state index contributed by atoms with van der Waals surface area (Å²) in [4.78, 5) is 22.4. The van der Waals surface area contributed by atoms with Crippen molar-refractivity contribution < 1.29 is 9.21 Å². The number of carbonyl (C=O) groups is 1. The zero-order valence-electron chi connectivity index (χ0n) is 18.9. The van der Waals surface area contributed by atoms with Gasteiger partial charge in [-0.25, -0.2) is 9.67 Å². The average molecular weight is 452 g/mol. The van der Waals surface area contributed by atoms with Gasteiger partial charge >= 0.3 is 0 Å². The van der Waals surface area contributed by atoms with Crippen LogP contribution in [0.4, 0.5) is 0 Å². The maximum Gasteiger partial charge on any atom is 0.252 e. The lowest BCUT2D eigenvalue weighted by Gasteiger charge is -2.16. The molecule has 0 bridgehead atoms. The predicted octanol–water partition coefficient (Wildman–Crippen LogP) is 5.06. The second kappa shape index (κ2) is 9.70. The van der Waals surface area contributed by atoms with E-state index in [0.717, 1.165) is 17.7 Å². The molecule has 0 fully saturated rings. The highest BCUT2D eigenvalue weighted by Crippen LogP contribution is 2.26. The Kier molecular flexibility index (Phi) is 6.16. The van der Waals surface area contributed by atoms with E-state index in [-0.39, 0.29) is 11.8 Å². The van der Waals surface area contributed by atoms with Crippen molar-refractivity contribution in [3.8, 4) is 11.3 Å². The van der Waals surface area contributed by atoms with E-state index in [4.69, 9.17) is 9.40 Å². The number of hydrogen-bond acceptors (Lipinski definition) is 5. The Morgan fingerprint density at radius 3 is 2.71 bits per heavy atom. The largest absolute Gasteiger partial charge is 0.467 e. The molecule has 0 aliphatic carbocycles. The van der Waals surface area contributed by atoms with Gasteiger partial charge in [-0.05, 0) is 42.3 Å². The van der Waals surface area contributed by atoms with Gasteiger partial charge in [0.05, 0.1) is 29.1 Å². The lowest BCUT2D eigenvalue weighted by atomic mass is 9.96. The third-order valence-corrected chi connectivity index (χ3v) is 5.97. The number of nitrogens with one attached hydrogen (secondary N) is 1. The molecule has 1 unspecified atom stereocenters. The highest BCUT2D eigenvalue weighted by Gasteiger charge is 2.19. The van der Waals surface area contributed by atoms with Gasteiger partial charge in [0.25, 0.3) is 5.91 Å². The van der Waals surface area contributed by atoms with Crippen molar-refractivity contribution in [3.63, 3.8) is 0 Å². The van der Waals surface area contributed by atoms with E-state index in [1.54, 1.807) is 29.5 Å². The number of hydrogen-bond donors (Lipinski definition) is 1. The van der Waals surface area contributed by atoms with E-state index < -0.39 is 0 Å². The number of amides is 1. The van der Waals surface area contributed by atoms with Gasteiger partial charge in [-0.15, -0.1) is 0 Å². The topological polar surface area (TPSA) is 85.8 Å². The fourth-order valence-electron chi connectivity index (χ4n) is 4.10. The van der Waals surface area contributed by atoms with Gasteiger partial charge in [0.15, 0.2) is 5.65 Å². The molecule has 34 heavy (non-hydrogen) atoms. The molecular weight excluding hydrogens is 426 g/mol. The van der Waals surface area contributed by atoms with Gasteiger partial charge in [0, 0.05) is 30.4 Å².